The average molecular weight is 315 g/mol. The highest BCUT2D eigenvalue weighted by atomic mass is 16.5. The van der Waals surface area contributed by atoms with Gasteiger partial charge in [-0.3, -0.25) is 0 Å². The van der Waals surface area contributed by atoms with Gasteiger partial charge in [0.1, 0.15) is 0 Å². The van der Waals surface area contributed by atoms with Crippen molar-refractivity contribution in [2.75, 3.05) is 39.6 Å². The third-order valence-electron chi connectivity index (χ3n) is 3.62. The van der Waals surface area contributed by atoms with Crippen LogP contribution in [0.25, 0.3) is 0 Å². The highest BCUT2D eigenvalue weighted by Crippen LogP contribution is 2.10. The van der Waals surface area contributed by atoms with Crippen molar-refractivity contribution < 1.29 is 14.2 Å². The van der Waals surface area contributed by atoms with E-state index in [1.165, 1.54) is 64.2 Å². The van der Waals surface area contributed by atoms with E-state index in [1.807, 2.05) is 0 Å². The molecule has 0 aromatic rings. The minimum absolute atomic E-state index is 0.596. The molecule has 0 atom stereocenters. The summed E-state index contributed by atoms with van der Waals surface area (Å²) in [6.45, 7) is 9.94. The first kappa shape index (κ1) is 21.6. The highest BCUT2D eigenvalue weighted by molar-refractivity contribution is 4.63. The molecule has 0 N–H and O–H groups in total. The average Bonchev–Trinajstić information content (AvgIpc) is 2.54. The molecule has 3 heteroatoms. The van der Waals surface area contributed by atoms with Crippen LogP contribution in [0.2, 0.25) is 0 Å². The van der Waals surface area contributed by atoms with Crippen molar-refractivity contribution in [3.05, 3.63) is 12.7 Å². The van der Waals surface area contributed by atoms with E-state index in [-0.39, 0.29) is 0 Å². The van der Waals surface area contributed by atoms with Crippen LogP contribution < -0.4 is 0 Å². The van der Waals surface area contributed by atoms with Crippen LogP contribution in [-0.2, 0) is 14.2 Å². The van der Waals surface area contributed by atoms with Crippen LogP contribution >= 0.6 is 0 Å². The molecule has 0 aliphatic rings. The molecule has 0 saturated heterocycles. The third-order valence-corrected chi connectivity index (χ3v) is 3.62. The van der Waals surface area contributed by atoms with E-state index >= 15 is 0 Å². The molecule has 132 valence electrons. The van der Waals surface area contributed by atoms with E-state index in [4.69, 9.17) is 14.2 Å². The first-order valence-corrected chi connectivity index (χ1v) is 9.26. The summed E-state index contributed by atoms with van der Waals surface area (Å²) in [4.78, 5) is 0. The van der Waals surface area contributed by atoms with E-state index in [9.17, 15) is 0 Å². The lowest BCUT2D eigenvalue weighted by Crippen LogP contribution is -2.09. The van der Waals surface area contributed by atoms with Crippen LogP contribution in [-0.4, -0.2) is 39.6 Å². The van der Waals surface area contributed by atoms with Crippen molar-refractivity contribution in [3.8, 4) is 0 Å². The maximum Gasteiger partial charge on any atom is 0.0704 e. The van der Waals surface area contributed by atoms with Crippen molar-refractivity contribution in [3.63, 3.8) is 0 Å². The predicted molar refractivity (Wildman–Crippen MR) is 94.5 cm³/mol. The van der Waals surface area contributed by atoms with Gasteiger partial charge >= 0.3 is 0 Å². The quantitative estimate of drug-likeness (QED) is 0.244. The Bertz CT molecular complexity index is 207. The fourth-order valence-corrected chi connectivity index (χ4v) is 2.30. The van der Waals surface area contributed by atoms with Gasteiger partial charge in [-0.15, -0.1) is 6.58 Å². The summed E-state index contributed by atoms with van der Waals surface area (Å²) in [6.07, 6.45) is 15.4. The van der Waals surface area contributed by atoms with Crippen LogP contribution in [0.3, 0.4) is 0 Å². The fraction of sp³-hybridized carbons (Fsp3) is 0.895. The van der Waals surface area contributed by atoms with Gasteiger partial charge in [0, 0.05) is 6.61 Å². The molecule has 0 spiro atoms. The summed E-state index contributed by atoms with van der Waals surface area (Å²) in [6, 6.07) is 0. The summed E-state index contributed by atoms with van der Waals surface area (Å²) >= 11 is 0. The second-order valence-corrected chi connectivity index (χ2v) is 5.77. The van der Waals surface area contributed by atoms with Crippen LogP contribution in [0.1, 0.15) is 71.1 Å². The van der Waals surface area contributed by atoms with Gasteiger partial charge in [-0.25, -0.2) is 0 Å². The van der Waals surface area contributed by atoms with Crippen molar-refractivity contribution >= 4 is 0 Å². The molecule has 0 radical (unpaired) electrons. The lowest BCUT2D eigenvalue weighted by atomic mass is 10.1. The Morgan fingerprint density at radius 3 is 1.59 bits per heavy atom. The Balaban J connectivity index is 2.92. The molecule has 0 bridgehead atoms. The largest absolute Gasteiger partial charge is 0.379 e. The lowest BCUT2D eigenvalue weighted by molar-refractivity contribution is 0.0188. The van der Waals surface area contributed by atoms with Gasteiger partial charge in [-0.1, -0.05) is 70.8 Å². The zero-order valence-electron chi connectivity index (χ0n) is 14.8. The van der Waals surface area contributed by atoms with Gasteiger partial charge in [0.15, 0.2) is 0 Å². The van der Waals surface area contributed by atoms with Crippen LogP contribution in [0.4, 0.5) is 0 Å². The maximum absolute atomic E-state index is 5.55. The minimum atomic E-state index is 0.596. The van der Waals surface area contributed by atoms with Gasteiger partial charge in [-0.2, -0.15) is 0 Å². The van der Waals surface area contributed by atoms with Crippen molar-refractivity contribution in [2.45, 2.75) is 71.1 Å². The summed E-state index contributed by atoms with van der Waals surface area (Å²) in [5.74, 6) is 0. The molecule has 0 aromatic carbocycles. The molecular weight excluding hydrogens is 276 g/mol. The zero-order chi connectivity index (χ0) is 16.1. The molecule has 0 rings (SSSR count). The van der Waals surface area contributed by atoms with Crippen LogP contribution in [0.15, 0.2) is 12.7 Å². The monoisotopic (exact) mass is 314 g/mol. The molecule has 0 saturated carbocycles. The topological polar surface area (TPSA) is 27.7 Å². The van der Waals surface area contributed by atoms with Gasteiger partial charge in [0.05, 0.1) is 33.0 Å². The standard InChI is InChI=1S/C19H38O3/c1-3-5-6-7-8-9-10-11-12-13-15-21-17-19-22-18-16-20-14-4-2/h4H,2-3,5-19H2,1H3. The summed E-state index contributed by atoms with van der Waals surface area (Å²) in [7, 11) is 0. The molecule has 0 aliphatic carbocycles. The zero-order valence-corrected chi connectivity index (χ0v) is 14.8. The van der Waals surface area contributed by atoms with E-state index < -0.39 is 0 Å². The minimum Gasteiger partial charge on any atom is -0.379 e. The fourth-order valence-electron chi connectivity index (χ4n) is 2.30. The smallest absolute Gasteiger partial charge is 0.0704 e. The molecule has 0 heterocycles. The molecule has 22 heavy (non-hydrogen) atoms. The van der Waals surface area contributed by atoms with Gasteiger partial charge in [0.25, 0.3) is 0 Å². The second-order valence-electron chi connectivity index (χ2n) is 5.77. The Morgan fingerprint density at radius 2 is 1.05 bits per heavy atom. The van der Waals surface area contributed by atoms with E-state index in [0.717, 1.165) is 6.61 Å². The molecule has 0 aliphatic heterocycles. The Hall–Kier alpha value is -0.380. The van der Waals surface area contributed by atoms with E-state index in [2.05, 4.69) is 13.5 Å². The number of hydrogen-bond donors (Lipinski definition) is 0. The Morgan fingerprint density at radius 1 is 0.591 bits per heavy atom. The Labute approximate surface area is 138 Å². The SMILES string of the molecule is C=CCOCCOCCOCCCCCCCCCCCC. The van der Waals surface area contributed by atoms with Crippen LogP contribution in [0.5, 0.6) is 0 Å². The Kier molecular flexibility index (Phi) is 20.3. The number of ether oxygens (including phenoxy) is 3. The van der Waals surface area contributed by atoms with Gasteiger partial charge in [0.2, 0.25) is 0 Å². The van der Waals surface area contributed by atoms with Crippen LogP contribution in [0, 0.1) is 0 Å². The predicted octanol–water partition coefficient (Wildman–Crippen LogP) is 5.14. The van der Waals surface area contributed by atoms with Crippen molar-refractivity contribution in [2.24, 2.45) is 0 Å². The first-order chi connectivity index (χ1) is 10.9. The maximum atomic E-state index is 5.55. The summed E-state index contributed by atoms with van der Waals surface area (Å²) in [5, 5.41) is 0. The molecule has 0 unspecified atom stereocenters. The number of unbranched alkanes of at least 4 members (excludes halogenated alkanes) is 9. The molecule has 0 fully saturated rings. The van der Waals surface area contributed by atoms with E-state index in [1.54, 1.807) is 6.08 Å². The van der Waals surface area contributed by atoms with Gasteiger partial charge in [-0.05, 0) is 6.42 Å². The number of rotatable bonds is 19. The van der Waals surface area contributed by atoms with E-state index in [0.29, 0.717) is 33.0 Å². The summed E-state index contributed by atoms with van der Waals surface area (Å²) < 4.78 is 16.2. The third kappa shape index (κ3) is 19.6. The highest BCUT2D eigenvalue weighted by Gasteiger charge is 1.94. The van der Waals surface area contributed by atoms with Gasteiger partial charge < -0.3 is 14.2 Å². The number of hydrogen-bond acceptors (Lipinski definition) is 3. The lowest BCUT2D eigenvalue weighted by Gasteiger charge is -2.06. The second kappa shape index (κ2) is 20.6. The first-order valence-electron chi connectivity index (χ1n) is 9.26. The molecular formula is C19H38O3. The molecule has 3 nitrogen and oxygen atoms in total. The normalized spacial score (nSPS) is 11.0. The van der Waals surface area contributed by atoms with Crippen molar-refractivity contribution in [1.82, 2.24) is 0 Å². The summed E-state index contributed by atoms with van der Waals surface area (Å²) in [5.41, 5.74) is 0. The van der Waals surface area contributed by atoms with Crippen molar-refractivity contribution in [1.29, 1.82) is 0 Å². The molecule has 0 aromatic heterocycles. The molecule has 0 amide bonds.